The van der Waals surface area contributed by atoms with Gasteiger partial charge in [-0.2, -0.15) is 0 Å². The molecule has 7 atom stereocenters. The van der Waals surface area contributed by atoms with Crippen LogP contribution in [-0.4, -0.2) is 92.4 Å². The van der Waals surface area contributed by atoms with E-state index in [1.165, 1.54) is 23.5 Å². The number of ketones is 1. The second kappa shape index (κ2) is 18.0. The highest BCUT2D eigenvalue weighted by Gasteiger charge is 2.52. The molecule has 1 aliphatic heterocycles. The number of nitrogens with zero attached hydrogens (tertiary/aromatic N) is 3. The number of alkyl halides is 2. The Balaban J connectivity index is 1.55. The zero-order valence-electron chi connectivity index (χ0n) is 30.8. The maximum atomic E-state index is 14.5. The number of hydrogen-bond donors (Lipinski definition) is 4. The van der Waals surface area contributed by atoms with Gasteiger partial charge in [-0.3, -0.25) is 33.8 Å². The van der Waals surface area contributed by atoms with E-state index >= 15 is 0 Å². The Bertz CT molecular complexity index is 1630. The SMILES string of the molecule is CC(C)[C@@H](NC(=O)c1cnccn1)C(=O)NC(C(=O)N1C[C@@H]2CCC[C@@H]2C1C(=O)NC(SCC(F)F)C(=O)C(=O)N[C@@H](C)c1ccccc1)C(C)(C)C. The third-order valence-corrected chi connectivity index (χ3v) is 10.8. The summed E-state index contributed by atoms with van der Waals surface area (Å²) in [5.74, 6) is -6.20. The summed E-state index contributed by atoms with van der Waals surface area (Å²) in [4.78, 5) is 91.1. The van der Waals surface area contributed by atoms with Crippen LogP contribution < -0.4 is 21.3 Å². The molecule has 2 aliphatic rings. The largest absolute Gasteiger partial charge is 0.343 e. The smallest absolute Gasteiger partial charge is 0.291 e. The number of rotatable bonds is 15. The van der Waals surface area contributed by atoms with E-state index in [1.54, 1.807) is 71.9 Å². The molecule has 1 saturated carbocycles. The topological polar surface area (TPSA) is 180 Å². The Morgan fingerprint density at radius 1 is 0.943 bits per heavy atom. The Hall–Kier alpha value is -4.47. The van der Waals surface area contributed by atoms with Gasteiger partial charge in [-0.1, -0.05) is 71.4 Å². The van der Waals surface area contributed by atoms with Crippen molar-refractivity contribution >= 4 is 47.1 Å². The zero-order chi connectivity index (χ0) is 39.0. The number of halogens is 2. The Kier molecular flexibility index (Phi) is 14.1. The van der Waals surface area contributed by atoms with Crippen molar-refractivity contribution in [2.45, 2.75) is 96.8 Å². The molecule has 0 spiro atoms. The molecular weight excluding hydrogens is 709 g/mol. The van der Waals surface area contributed by atoms with E-state index in [9.17, 15) is 37.5 Å². The molecular formula is C37H49F2N7O6S. The van der Waals surface area contributed by atoms with Crippen molar-refractivity contribution in [1.29, 1.82) is 0 Å². The average molecular weight is 758 g/mol. The van der Waals surface area contributed by atoms with Crippen molar-refractivity contribution in [3.05, 3.63) is 60.2 Å². The maximum Gasteiger partial charge on any atom is 0.291 e. The highest BCUT2D eigenvalue weighted by atomic mass is 32.2. The molecule has 2 heterocycles. The van der Waals surface area contributed by atoms with Gasteiger partial charge >= 0.3 is 0 Å². The van der Waals surface area contributed by atoms with Gasteiger partial charge in [-0.05, 0) is 48.5 Å². The zero-order valence-corrected chi connectivity index (χ0v) is 31.6. The number of fused-ring (bicyclic) bond motifs is 1. The van der Waals surface area contributed by atoms with Gasteiger partial charge in [0.05, 0.1) is 18.0 Å². The number of carbonyl (C=O) groups is 6. The molecule has 4 rings (SSSR count). The van der Waals surface area contributed by atoms with Crippen molar-refractivity contribution in [3.63, 3.8) is 0 Å². The molecule has 1 saturated heterocycles. The van der Waals surface area contributed by atoms with E-state index in [2.05, 4.69) is 31.2 Å². The standard InChI is InChI=1S/C37H49F2N7O6S/c1-20(2)27(43-31(48)25-17-40-15-16-41-25)32(49)44-30(37(4,5)6)36(52)46-18-23-13-10-14-24(23)28(46)33(50)45-35(53-19-26(38)39)29(47)34(51)42-21(3)22-11-8-7-9-12-22/h7-9,11-12,15-17,20-21,23-24,26-28,30,35H,10,13-14,18-19H2,1-6H3,(H,42,51)(H,43,48)(H,44,49)(H,45,50)/t21-,23-,24-,27+,28?,30?,35?/m0/s1. The van der Waals surface area contributed by atoms with Crippen LogP contribution >= 0.6 is 11.8 Å². The first-order valence-corrected chi connectivity index (χ1v) is 18.8. The minimum absolute atomic E-state index is 0.0125. The van der Waals surface area contributed by atoms with Crippen LogP contribution in [0.3, 0.4) is 0 Å². The lowest BCUT2D eigenvalue weighted by Gasteiger charge is -2.37. The molecule has 1 aromatic carbocycles. The van der Waals surface area contributed by atoms with Crippen LogP contribution in [0.25, 0.3) is 0 Å². The van der Waals surface area contributed by atoms with Crippen molar-refractivity contribution in [1.82, 2.24) is 36.1 Å². The van der Waals surface area contributed by atoms with Crippen LogP contribution in [-0.2, 0) is 24.0 Å². The molecule has 288 valence electrons. The summed E-state index contributed by atoms with van der Waals surface area (Å²) in [7, 11) is 0. The number of thioether (sulfide) groups is 1. The average Bonchev–Trinajstić information content (AvgIpc) is 3.72. The normalized spacial score (nSPS) is 20.6. The summed E-state index contributed by atoms with van der Waals surface area (Å²) in [6.07, 6.45) is 3.38. The number of nitrogens with one attached hydrogen (secondary N) is 4. The van der Waals surface area contributed by atoms with Crippen LogP contribution in [0.2, 0.25) is 0 Å². The first-order chi connectivity index (χ1) is 25.0. The molecule has 0 bridgehead atoms. The summed E-state index contributed by atoms with van der Waals surface area (Å²) in [6.45, 7) is 10.6. The van der Waals surface area contributed by atoms with Crippen molar-refractivity contribution < 1.29 is 37.5 Å². The van der Waals surface area contributed by atoms with E-state index in [-0.39, 0.29) is 30.0 Å². The molecule has 2 fully saturated rings. The fraction of sp³-hybridized carbons (Fsp3) is 0.568. The van der Waals surface area contributed by atoms with E-state index in [4.69, 9.17) is 0 Å². The summed E-state index contributed by atoms with van der Waals surface area (Å²) in [6, 6.07) is 5.00. The minimum atomic E-state index is -2.82. The maximum absolute atomic E-state index is 14.5. The molecule has 2 aromatic rings. The number of Topliss-reactive ketones (excluding diaryl/α,β-unsaturated/α-hetero) is 1. The van der Waals surface area contributed by atoms with E-state index < -0.39 is 82.5 Å². The Morgan fingerprint density at radius 3 is 2.25 bits per heavy atom. The molecule has 53 heavy (non-hydrogen) atoms. The lowest BCUT2D eigenvalue weighted by Crippen LogP contribution is -2.62. The first-order valence-electron chi connectivity index (χ1n) is 17.8. The number of benzene rings is 1. The van der Waals surface area contributed by atoms with Gasteiger partial charge < -0.3 is 26.2 Å². The minimum Gasteiger partial charge on any atom is -0.343 e. The third-order valence-electron chi connectivity index (χ3n) is 9.64. The predicted octanol–water partition coefficient (Wildman–Crippen LogP) is 3.28. The number of likely N-dealkylation sites (tertiary alicyclic amines) is 1. The third kappa shape index (κ3) is 10.6. The van der Waals surface area contributed by atoms with Gasteiger partial charge in [0.15, 0.2) is 0 Å². The fourth-order valence-corrected chi connectivity index (χ4v) is 7.66. The molecule has 0 radical (unpaired) electrons. The number of hydrogen-bond acceptors (Lipinski definition) is 9. The molecule has 3 unspecified atom stereocenters. The second-order valence-corrected chi connectivity index (χ2v) is 16.1. The van der Waals surface area contributed by atoms with Gasteiger partial charge in [-0.15, -0.1) is 11.8 Å². The lowest BCUT2D eigenvalue weighted by molar-refractivity contribution is -0.145. The predicted molar refractivity (Wildman–Crippen MR) is 194 cm³/mol. The van der Waals surface area contributed by atoms with E-state index in [0.29, 0.717) is 18.2 Å². The van der Waals surface area contributed by atoms with Crippen LogP contribution in [0.5, 0.6) is 0 Å². The number of carbonyl (C=O) groups excluding carboxylic acids is 6. The van der Waals surface area contributed by atoms with Gasteiger partial charge in [0.25, 0.3) is 17.6 Å². The molecule has 1 aromatic heterocycles. The van der Waals surface area contributed by atoms with Crippen molar-refractivity contribution in [3.8, 4) is 0 Å². The molecule has 4 N–H and O–H groups in total. The molecule has 16 heteroatoms. The highest BCUT2D eigenvalue weighted by Crippen LogP contribution is 2.43. The first kappa shape index (κ1) is 41.3. The second-order valence-electron chi connectivity index (χ2n) is 15.0. The van der Waals surface area contributed by atoms with Crippen LogP contribution in [0.15, 0.2) is 48.9 Å². The summed E-state index contributed by atoms with van der Waals surface area (Å²) < 4.78 is 26.8. The van der Waals surface area contributed by atoms with Gasteiger partial charge in [-0.25, -0.2) is 13.8 Å². The van der Waals surface area contributed by atoms with Crippen LogP contribution in [0, 0.1) is 23.2 Å². The highest BCUT2D eigenvalue weighted by molar-refractivity contribution is 8.00. The van der Waals surface area contributed by atoms with E-state index in [0.717, 1.165) is 18.4 Å². The fourth-order valence-electron chi connectivity index (χ4n) is 6.86. The molecule has 13 nitrogen and oxygen atoms in total. The Labute approximate surface area is 312 Å². The van der Waals surface area contributed by atoms with E-state index in [1.807, 2.05) is 0 Å². The van der Waals surface area contributed by atoms with Gasteiger partial charge in [0.2, 0.25) is 24.1 Å². The van der Waals surface area contributed by atoms with Crippen molar-refractivity contribution in [2.75, 3.05) is 12.3 Å². The monoisotopic (exact) mass is 757 g/mol. The number of amides is 5. The van der Waals surface area contributed by atoms with Crippen LogP contribution in [0.4, 0.5) is 8.78 Å². The number of aromatic nitrogens is 2. The molecule has 1 aliphatic carbocycles. The Morgan fingerprint density at radius 2 is 1.64 bits per heavy atom. The molecule has 5 amide bonds. The van der Waals surface area contributed by atoms with Crippen molar-refractivity contribution in [2.24, 2.45) is 23.2 Å². The summed E-state index contributed by atoms with van der Waals surface area (Å²) in [5, 5.41) is 8.98. The van der Waals surface area contributed by atoms with Gasteiger partial charge in [0, 0.05) is 18.9 Å². The van der Waals surface area contributed by atoms with Crippen LogP contribution in [0.1, 0.15) is 82.9 Å². The summed E-state index contributed by atoms with van der Waals surface area (Å²) >= 11 is 0.443. The summed E-state index contributed by atoms with van der Waals surface area (Å²) in [5.41, 5.74) is -0.130. The lowest BCUT2D eigenvalue weighted by atomic mass is 9.85. The quantitative estimate of drug-likeness (QED) is 0.157. The van der Waals surface area contributed by atoms with Gasteiger partial charge in [0.1, 0.15) is 29.2 Å².